The van der Waals surface area contributed by atoms with Gasteiger partial charge >= 0.3 is 0 Å². The standard InChI is InChI=1S/C15H17N3O3/c1-2-4-12-11(3-1)10(8-16-12)7-14-17-15(18-21-14)13-9-19-5-6-20-13/h1-4,10,13,16H,5-9H2. The van der Waals surface area contributed by atoms with Crippen LogP contribution in [0, 0.1) is 0 Å². The molecule has 0 amide bonds. The summed E-state index contributed by atoms with van der Waals surface area (Å²) in [5.41, 5.74) is 2.51. The molecule has 0 bridgehead atoms. The Kier molecular flexibility index (Phi) is 3.33. The van der Waals surface area contributed by atoms with E-state index >= 15 is 0 Å². The fourth-order valence-corrected chi connectivity index (χ4v) is 2.87. The van der Waals surface area contributed by atoms with Crippen molar-refractivity contribution in [2.24, 2.45) is 0 Å². The highest BCUT2D eigenvalue weighted by Gasteiger charge is 2.26. The molecule has 0 saturated carbocycles. The lowest BCUT2D eigenvalue weighted by Gasteiger charge is -2.19. The van der Waals surface area contributed by atoms with Crippen molar-refractivity contribution >= 4 is 5.69 Å². The summed E-state index contributed by atoms with van der Waals surface area (Å²) >= 11 is 0. The van der Waals surface area contributed by atoms with Gasteiger partial charge in [-0.05, 0) is 11.6 Å². The third-order valence-corrected chi connectivity index (χ3v) is 3.95. The first-order chi connectivity index (χ1) is 10.4. The van der Waals surface area contributed by atoms with E-state index in [0.717, 1.165) is 13.0 Å². The van der Waals surface area contributed by atoms with Crippen LogP contribution in [0.25, 0.3) is 0 Å². The fourth-order valence-electron chi connectivity index (χ4n) is 2.87. The predicted molar refractivity (Wildman–Crippen MR) is 75.2 cm³/mol. The first-order valence-electron chi connectivity index (χ1n) is 7.25. The van der Waals surface area contributed by atoms with Gasteiger partial charge in [0.1, 0.15) is 6.10 Å². The van der Waals surface area contributed by atoms with E-state index in [1.165, 1.54) is 11.3 Å². The maximum atomic E-state index is 5.58. The molecule has 1 fully saturated rings. The Hall–Kier alpha value is -1.92. The number of benzene rings is 1. The van der Waals surface area contributed by atoms with E-state index in [-0.39, 0.29) is 6.10 Å². The highest BCUT2D eigenvalue weighted by molar-refractivity contribution is 5.57. The summed E-state index contributed by atoms with van der Waals surface area (Å²) in [5.74, 6) is 1.62. The maximum absolute atomic E-state index is 5.58. The summed E-state index contributed by atoms with van der Waals surface area (Å²) < 4.78 is 16.3. The number of anilines is 1. The molecule has 1 N–H and O–H groups in total. The summed E-state index contributed by atoms with van der Waals surface area (Å²) in [6, 6.07) is 8.35. The molecule has 0 spiro atoms. The molecule has 110 valence electrons. The number of hydrogen-bond acceptors (Lipinski definition) is 6. The van der Waals surface area contributed by atoms with Gasteiger partial charge in [0.05, 0.1) is 19.8 Å². The van der Waals surface area contributed by atoms with Crippen molar-refractivity contribution in [1.82, 2.24) is 10.1 Å². The Morgan fingerprint density at radius 2 is 2.19 bits per heavy atom. The lowest BCUT2D eigenvalue weighted by Crippen LogP contribution is -2.22. The molecular formula is C15H17N3O3. The average Bonchev–Trinajstić information content (AvgIpc) is 3.17. The molecule has 2 unspecified atom stereocenters. The summed E-state index contributed by atoms with van der Waals surface area (Å²) in [5, 5.41) is 7.43. The van der Waals surface area contributed by atoms with E-state index < -0.39 is 0 Å². The van der Waals surface area contributed by atoms with Crippen molar-refractivity contribution < 1.29 is 14.0 Å². The van der Waals surface area contributed by atoms with Crippen molar-refractivity contribution in [3.05, 3.63) is 41.5 Å². The topological polar surface area (TPSA) is 69.4 Å². The van der Waals surface area contributed by atoms with Crippen molar-refractivity contribution in [2.45, 2.75) is 18.4 Å². The van der Waals surface area contributed by atoms with Crippen molar-refractivity contribution in [3.63, 3.8) is 0 Å². The quantitative estimate of drug-likeness (QED) is 0.930. The van der Waals surface area contributed by atoms with Crippen LogP contribution in [-0.2, 0) is 15.9 Å². The predicted octanol–water partition coefficient (Wildman–Crippen LogP) is 1.91. The van der Waals surface area contributed by atoms with Gasteiger partial charge < -0.3 is 19.3 Å². The molecule has 1 saturated heterocycles. The van der Waals surface area contributed by atoms with Crippen molar-refractivity contribution in [2.75, 3.05) is 31.7 Å². The number of fused-ring (bicyclic) bond motifs is 1. The number of para-hydroxylation sites is 1. The van der Waals surface area contributed by atoms with Crippen molar-refractivity contribution in [1.29, 1.82) is 0 Å². The van der Waals surface area contributed by atoms with Crippen LogP contribution in [0.1, 0.15) is 29.3 Å². The molecule has 0 aliphatic carbocycles. The minimum absolute atomic E-state index is 0.203. The fraction of sp³-hybridized carbons (Fsp3) is 0.467. The normalized spacial score (nSPS) is 24.6. The molecular weight excluding hydrogens is 270 g/mol. The van der Waals surface area contributed by atoms with E-state index in [1.807, 2.05) is 6.07 Å². The van der Waals surface area contributed by atoms with Gasteiger partial charge in [0.2, 0.25) is 11.7 Å². The summed E-state index contributed by atoms with van der Waals surface area (Å²) in [6.07, 6.45) is 0.537. The number of rotatable bonds is 3. The second-order valence-electron chi connectivity index (χ2n) is 5.35. The van der Waals surface area contributed by atoms with E-state index in [4.69, 9.17) is 14.0 Å². The Bertz CT molecular complexity index is 622. The van der Waals surface area contributed by atoms with Gasteiger partial charge in [0.15, 0.2) is 0 Å². The first-order valence-corrected chi connectivity index (χ1v) is 7.25. The molecule has 1 aromatic heterocycles. The molecule has 0 radical (unpaired) electrons. The van der Waals surface area contributed by atoms with Crippen LogP contribution in [0.2, 0.25) is 0 Å². The van der Waals surface area contributed by atoms with E-state index in [9.17, 15) is 0 Å². The molecule has 4 rings (SSSR count). The second kappa shape index (κ2) is 5.46. The van der Waals surface area contributed by atoms with Crippen LogP contribution in [0.4, 0.5) is 5.69 Å². The van der Waals surface area contributed by atoms with E-state index in [2.05, 4.69) is 33.7 Å². The van der Waals surface area contributed by atoms with E-state index in [0.29, 0.717) is 37.5 Å². The molecule has 2 aliphatic rings. The average molecular weight is 287 g/mol. The first kappa shape index (κ1) is 12.8. The van der Waals surface area contributed by atoms with Crippen LogP contribution < -0.4 is 5.32 Å². The van der Waals surface area contributed by atoms with Gasteiger partial charge in [-0.15, -0.1) is 0 Å². The zero-order chi connectivity index (χ0) is 14.1. The van der Waals surface area contributed by atoms with Crippen LogP contribution in [0.15, 0.2) is 28.8 Å². The maximum Gasteiger partial charge on any atom is 0.227 e. The molecule has 1 aromatic carbocycles. The van der Waals surface area contributed by atoms with Gasteiger partial charge in [0.25, 0.3) is 0 Å². The third-order valence-electron chi connectivity index (χ3n) is 3.95. The highest BCUT2D eigenvalue weighted by atomic mass is 16.6. The van der Waals surface area contributed by atoms with Crippen LogP contribution in [0.3, 0.4) is 0 Å². The summed E-state index contributed by atoms with van der Waals surface area (Å²) in [4.78, 5) is 4.46. The highest BCUT2D eigenvalue weighted by Crippen LogP contribution is 2.33. The van der Waals surface area contributed by atoms with Crippen LogP contribution >= 0.6 is 0 Å². The lowest BCUT2D eigenvalue weighted by atomic mass is 9.98. The number of hydrogen-bond donors (Lipinski definition) is 1. The minimum Gasteiger partial charge on any atom is -0.384 e. The largest absolute Gasteiger partial charge is 0.384 e. The van der Waals surface area contributed by atoms with E-state index in [1.54, 1.807) is 0 Å². The number of nitrogens with zero attached hydrogens (tertiary/aromatic N) is 2. The molecule has 2 atom stereocenters. The molecule has 6 nitrogen and oxygen atoms in total. The molecule has 2 aromatic rings. The Morgan fingerprint density at radius 3 is 3.10 bits per heavy atom. The zero-order valence-electron chi connectivity index (χ0n) is 11.6. The summed E-state index contributed by atoms with van der Waals surface area (Å²) in [7, 11) is 0. The third kappa shape index (κ3) is 2.52. The van der Waals surface area contributed by atoms with Gasteiger partial charge in [-0.25, -0.2) is 0 Å². The smallest absolute Gasteiger partial charge is 0.227 e. The lowest BCUT2D eigenvalue weighted by molar-refractivity contribution is -0.0941. The van der Waals surface area contributed by atoms with Crippen LogP contribution in [-0.4, -0.2) is 36.5 Å². The zero-order valence-corrected chi connectivity index (χ0v) is 11.6. The van der Waals surface area contributed by atoms with Gasteiger partial charge in [-0.2, -0.15) is 4.98 Å². The Labute approximate surface area is 122 Å². The van der Waals surface area contributed by atoms with Gasteiger partial charge in [-0.1, -0.05) is 23.4 Å². The Morgan fingerprint density at radius 1 is 1.24 bits per heavy atom. The van der Waals surface area contributed by atoms with Crippen LogP contribution in [0.5, 0.6) is 0 Å². The minimum atomic E-state index is -0.203. The molecule has 6 heteroatoms. The molecule has 2 aliphatic heterocycles. The Balaban J connectivity index is 1.47. The second-order valence-corrected chi connectivity index (χ2v) is 5.35. The van der Waals surface area contributed by atoms with Gasteiger partial charge in [-0.3, -0.25) is 0 Å². The monoisotopic (exact) mass is 287 g/mol. The molecule has 3 heterocycles. The number of ether oxygens (including phenoxy) is 2. The van der Waals surface area contributed by atoms with Crippen molar-refractivity contribution in [3.8, 4) is 0 Å². The SMILES string of the molecule is c1ccc2c(c1)NCC2Cc1nc(C2COCCO2)no1. The summed E-state index contributed by atoms with van der Waals surface area (Å²) in [6.45, 7) is 2.60. The number of aromatic nitrogens is 2. The molecule has 21 heavy (non-hydrogen) atoms. The van der Waals surface area contributed by atoms with Gasteiger partial charge in [0, 0.05) is 24.6 Å². The number of nitrogens with one attached hydrogen (secondary N) is 1.